The van der Waals surface area contributed by atoms with Crippen molar-refractivity contribution < 1.29 is 19.1 Å². The molecule has 0 aromatic rings. The first-order chi connectivity index (χ1) is 8.80. The molecule has 0 aliphatic heterocycles. The summed E-state index contributed by atoms with van der Waals surface area (Å²) in [6.07, 6.45) is 2.23. The molecule has 0 saturated heterocycles. The van der Waals surface area contributed by atoms with Gasteiger partial charge in [0.15, 0.2) is 0 Å². The van der Waals surface area contributed by atoms with E-state index >= 15 is 0 Å². The molecule has 6 nitrogen and oxygen atoms in total. The van der Waals surface area contributed by atoms with E-state index in [0.29, 0.717) is 13.0 Å². The minimum Gasteiger partial charge on any atom is -0.468 e. The molecule has 0 rings (SSSR count). The highest BCUT2D eigenvalue weighted by Crippen LogP contribution is 2.07. The summed E-state index contributed by atoms with van der Waals surface area (Å²) in [4.78, 5) is 23.1. The van der Waals surface area contributed by atoms with Crippen LogP contribution in [0.1, 0.15) is 40.0 Å². The number of nitrogens with one attached hydrogen (secondary N) is 1. The quantitative estimate of drug-likeness (QED) is 0.497. The van der Waals surface area contributed by atoms with Crippen molar-refractivity contribution in [1.82, 2.24) is 5.32 Å². The highest BCUT2D eigenvalue weighted by Gasteiger charge is 2.21. The monoisotopic (exact) mass is 274 g/mol. The van der Waals surface area contributed by atoms with E-state index in [1.807, 2.05) is 0 Å². The van der Waals surface area contributed by atoms with Gasteiger partial charge in [0.25, 0.3) is 0 Å². The molecule has 0 fully saturated rings. The van der Waals surface area contributed by atoms with E-state index in [4.69, 9.17) is 15.2 Å². The molecule has 19 heavy (non-hydrogen) atoms. The summed E-state index contributed by atoms with van der Waals surface area (Å²) in [7, 11) is 1.33. The van der Waals surface area contributed by atoms with Gasteiger partial charge in [-0.3, -0.25) is 14.9 Å². The van der Waals surface area contributed by atoms with E-state index in [-0.39, 0.29) is 18.5 Å². The fourth-order valence-electron chi connectivity index (χ4n) is 1.52. The standard InChI is InChI=1S/C13H26N2O4/c1-13(2,3)19-11(16)9-15-10(12(17)18-4)7-5-6-8-14/h10,15H,5-9,14H2,1-4H3/t10-/m0/s1. The van der Waals surface area contributed by atoms with E-state index in [2.05, 4.69) is 5.32 Å². The van der Waals surface area contributed by atoms with Crippen molar-refractivity contribution in [1.29, 1.82) is 0 Å². The second kappa shape index (κ2) is 8.87. The Kier molecular flexibility index (Phi) is 8.34. The molecule has 0 aliphatic rings. The van der Waals surface area contributed by atoms with E-state index in [0.717, 1.165) is 12.8 Å². The van der Waals surface area contributed by atoms with Gasteiger partial charge in [0.2, 0.25) is 0 Å². The van der Waals surface area contributed by atoms with Crippen LogP contribution < -0.4 is 11.1 Å². The van der Waals surface area contributed by atoms with Crippen LogP contribution in [0.15, 0.2) is 0 Å². The van der Waals surface area contributed by atoms with Gasteiger partial charge in [-0.2, -0.15) is 0 Å². The average Bonchev–Trinajstić information content (AvgIpc) is 2.30. The minimum atomic E-state index is -0.529. The molecule has 6 heteroatoms. The summed E-state index contributed by atoms with van der Waals surface area (Å²) in [6, 6.07) is -0.496. The largest absolute Gasteiger partial charge is 0.468 e. The Bertz CT molecular complexity index is 287. The van der Waals surface area contributed by atoms with Crippen molar-refractivity contribution in [2.45, 2.75) is 51.7 Å². The predicted molar refractivity (Wildman–Crippen MR) is 72.6 cm³/mol. The third-order valence-electron chi connectivity index (χ3n) is 2.35. The molecule has 0 aromatic carbocycles. The molecule has 112 valence electrons. The molecule has 0 heterocycles. The van der Waals surface area contributed by atoms with Gasteiger partial charge >= 0.3 is 11.9 Å². The third kappa shape index (κ3) is 9.44. The molecule has 0 amide bonds. The molecule has 0 spiro atoms. The molecule has 0 aliphatic carbocycles. The molecule has 3 N–H and O–H groups in total. The highest BCUT2D eigenvalue weighted by molar-refractivity contribution is 5.77. The fraction of sp³-hybridized carbons (Fsp3) is 0.846. The first kappa shape index (κ1) is 17.9. The maximum Gasteiger partial charge on any atom is 0.322 e. The maximum absolute atomic E-state index is 11.5. The lowest BCUT2D eigenvalue weighted by Gasteiger charge is -2.21. The minimum absolute atomic E-state index is 0.0142. The first-order valence-corrected chi connectivity index (χ1v) is 6.53. The van der Waals surface area contributed by atoms with Crippen LogP contribution in [0.4, 0.5) is 0 Å². The lowest BCUT2D eigenvalue weighted by Crippen LogP contribution is -2.42. The van der Waals surface area contributed by atoms with E-state index in [1.54, 1.807) is 20.8 Å². The van der Waals surface area contributed by atoms with Crippen LogP contribution in [0.3, 0.4) is 0 Å². The number of unbranched alkanes of at least 4 members (excludes halogenated alkanes) is 1. The topological polar surface area (TPSA) is 90.6 Å². The molecule has 0 bridgehead atoms. The van der Waals surface area contributed by atoms with Crippen molar-refractivity contribution in [3.8, 4) is 0 Å². The number of ether oxygens (including phenoxy) is 2. The number of carbonyl (C=O) groups is 2. The second-order valence-electron chi connectivity index (χ2n) is 5.33. The summed E-state index contributed by atoms with van der Waals surface area (Å²) in [5.41, 5.74) is 4.88. The molecular weight excluding hydrogens is 248 g/mol. The number of hydrogen-bond acceptors (Lipinski definition) is 6. The van der Waals surface area contributed by atoms with E-state index in [9.17, 15) is 9.59 Å². The Morgan fingerprint density at radius 3 is 2.37 bits per heavy atom. The number of carbonyl (C=O) groups excluding carboxylic acids is 2. The summed E-state index contributed by atoms with van der Waals surface area (Å²) in [6.45, 7) is 5.96. The fourth-order valence-corrected chi connectivity index (χ4v) is 1.52. The van der Waals surface area contributed by atoms with E-state index in [1.165, 1.54) is 7.11 Å². The lowest BCUT2D eigenvalue weighted by atomic mass is 10.1. The van der Waals surface area contributed by atoms with Crippen LogP contribution >= 0.6 is 0 Å². The SMILES string of the molecule is COC(=O)[C@H](CCCCN)NCC(=O)OC(C)(C)C. The van der Waals surface area contributed by atoms with Crippen LogP contribution in [0.25, 0.3) is 0 Å². The maximum atomic E-state index is 11.5. The number of methoxy groups -OCH3 is 1. The van der Waals surface area contributed by atoms with Crippen molar-refractivity contribution >= 4 is 11.9 Å². The van der Waals surface area contributed by atoms with Crippen LogP contribution in [0, 0.1) is 0 Å². The Labute approximate surface area is 115 Å². The van der Waals surface area contributed by atoms with Gasteiger partial charge in [-0.25, -0.2) is 0 Å². The zero-order valence-corrected chi connectivity index (χ0v) is 12.3. The number of hydrogen-bond donors (Lipinski definition) is 2. The Balaban J connectivity index is 4.18. The molecule has 0 unspecified atom stereocenters. The molecule has 1 atom stereocenters. The van der Waals surface area contributed by atoms with Crippen molar-refractivity contribution in [3.63, 3.8) is 0 Å². The van der Waals surface area contributed by atoms with Gasteiger partial charge in [-0.1, -0.05) is 6.42 Å². The normalized spacial score (nSPS) is 12.9. The van der Waals surface area contributed by atoms with Gasteiger partial charge in [-0.15, -0.1) is 0 Å². The summed E-state index contributed by atoms with van der Waals surface area (Å²) in [5, 5.41) is 2.86. The molecule has 0 saturated carbocycles. The summed E-state index contributed by atoms with van der Waals surface area (Å²) in [5.74, 6) is -0.763. The van der Waals surface area contributed by atoms with Crippen molar-refractivity contribution in [2.24, 2.45) is 5.73 Å². The second-order valence-corrected chi connectivity index (χ2v) is 5.33. The number of esters is 2. The Hall–Kier alpha value is -1.14. The van der Waals surface area contributed by atoms with Crippen molar-refractivity contribution in [2.75, 3.05) is 20.2 Å². The van der Waals surface area contributed by atoms with Crippen LogP contribution in [0.5, 0.6) is 0 Å². The highest BCUT2D eigenvalue weighted by atomic mass is 16.6. The predicted octanol–water partition coefficient (Wildman–Crippen LogP) is 0.588. The molecule has 0 aromatic heterocycles. The summed E-state index contributed by atoms with van der Waals surface area (Å²) < 4.78 is 9.85. The van der Waals surface area contributed by atoms with Crippen LogP contribution in [0.2, 0.25) is 0 Å². The van der Waals surface area contributed by atoms with Crippen molar-refractivity contribution in [3.05, 3.63) is 0 Å². The summed E-state index contributed by atoms with van der Waals surface area (Å²) >= 11 is 0. The number of nitrogens with two attached hydrogens (primary N) is 1. The Morgan fingerprint density at radius 1 is 1.26 bits per heavy atom. The van der Waals surface area contributed by atoms with E-state index < -0.39 is 11.6 Å². The first-order valence-electron chi connectivity index (χ1n) is 6.53. The van der Waals surface area contributed by atoms with Gasteiger partial charge in [0.1, 0.15) is 11.6 Å². The van der Waals surface area contributed by atoms with Crippen LogP contribution in [-0.2, 0) is 19.1 Å². The lowest BCUT2D eigenvalue weighted by molar-refractivity contribution is -0.154. The molecule has 0 radical (unpaired) electrons. The smallest absolute Gasteiger partial charge is 0.322 e. The number of rotatable bonds is 8. The average molecular weight is 274 g/mol. The molecular formula is C13H26N2O4. The van der Waals surface area contributed by atoms with Gasteiger partial charge in [-0.05, 0) is 40.2 Å². The Morgan fingerprint density at radius 2 is 1.89 bits per heavy atom. The van der Waals surface area contributed by atoms with Gasteiger partial charge < -0.3 is 15.2 Å². The van der Waals surface area contributed by atoms with Gasteiger partial charge in [0.05, 0.1) is 13.7 Å². The van der Waals surface area contributed by atoms with Gasteiger partial charge in [0, 0.05) is 0 Å². The van der Waals surface area contributed by atoms with Crippen LogP contribution in [-0.4, -0.2) is 43.8 Å². The third-order valence-corrected chi connectivity index (χ3v) is 2.35. The zero-order valence-electron chi connectivity index (χ0n) is 12.3. The zero-order chi connectivity index (χ0) is 14.9.